The smallest absolute Gasteiger partial charge is 0.490 e. The van der Waals surface area contributed by atoms with Crippen LogP contribution in [0.25, 0.3) is 0 Å². The van der Waals surface area contributed by atoms with Crippen LogP contribution in [0.4, 0.5) is 32.0 Å². The molecule has 1 fully saturated rings. The highest BCUT2D eigenvalue weighted by Crippen LogP contribution is 2.22. The average Bonchev–Trinajstić information content (AvgIpc) is 2.91. The maximum absolute atomic E-state index is 10.6. The molecule has 0 aromatic heterocycles. The highest BCUT2D eigenvalue weighted by molar-refractivity contribution is 5.94. The fourth-order valence-electron chi connectivity index (χ4n) is 3.49. The van der Waals surface area contributed by atoms with Gasteiger partial charge in [-0.05, 0) is 69.3 Å². The normalized spacial score (nSPS) is 15.6. The summed E-state index contributed by atoms with van der Waals surface area (Å²) < 4.78 is 69.3. The van der Waals surface area contributed by atoms with Crippen molar-refractivity contribution in [3.63, 3.8) is 0 Å². The molecule has 0 aliphatic carbocycles. The number of anilines is 1. The summed E-state index contributed by atoms with van der Waals surface area (Å²) in [5.74, 6) is -3.59. The maximum atomic E-state index is 10.6. The predicted molar refractivity (Wildman–Crippen MR) is 143 cm³/mol. The molecule has 5 N–H and O–H groups in total. The molecule has 0 bridgehead atoms. The lowest BCUT2D eigenvalue weighted by atomic mass is 10.0. The molecular formula is C26H40F6N4O5. The molecule has 41 heavy (non-hydrogen) atoms. The van der Waals surface area contributed by atoms with Crippen LogP contribution in [0.5, 0.6) is 5.75 Å². The van der Waals surface area contributed by atoms with Gasteiger partial charge in [-0.2, -0.15) is 26.3 Å². The largest absolute Gasteiger partial charge is 0.494 e. The van der Waals surface area contributed by atoms with E-state index in [0.29, 0.717) is 12.6 Å². The van der Waals surface area contributed by atoms with Gasteiger partial charge in [0.25, 0.3) is 0 Å². The number of benzene rings is 1. The van der Waals surface area contributed by atoms with Gasteiger partial charge in [-0.15, -0.1) is 0 Å². The van der Waals surface area contributed by atoms with Gasteiger partial charge in [0.1, 0.15) is 5.75 Å². The standard InChI is InChI=1S/C22H38N4O.2C2HF3O2/c1-3-5-8-18-27-21-13-11-19(12-14-21)25-22(24-16-9-15-23)26-17-7-6-10-20(26)4-2;2*3-2(4,5)1(6)7/h11-14,20H,3-10,15-18,23H2,1-2H3,(H,24,25);2*(H,6,7). The number of hydrogen-bond donors (Lipinski definition) is 4. The SMILES string of the molecule is CCCCCOc1ccc(NC(=NCCCN)N2CCCCC2CC)cc1.O=C(O)C(F)(F)F.O=C(O)C(F)(F)F. The lowest BCUT2D eigenvalue weighted by Crippen LogP contribution is -2.46. The predicted octanol–water partition coefficient (Wildman–Crippen LogP) is 5.90. The monoisotopic (exact) mass is 602 g/mol. The van der Waals surface area contributed by atoms with Crippen LogP contribution in [0.1, 0.15) is 65.2 Å². The summed E-state index contributed by atoms with van der Waals surface area (Å²) in [5.41, 5.74) is 6.72. The summed E-state index contributed by atoms with van der Waals surface area (Å²) in [6, 6.07) is 8.82. The highest BCUT2D eigenvalue weighted by Gasteiger charge is 2.38. The molecule has 0 saturated carbocycles. The van der Waals surface area contributed by atoms with E-state index in [-0.39, 0.29) is 0 Å². The number of unbranched alkanes of at least 4 members (excludes halogenated alkanes) is 2. The summed E-state index contributed by atoms with van der Waals surface area (Å²) >= 11 is 0. The number of nitrogens with one attached hydrogen (secondary N) is 1. The number of aliphatic imine (C=N–C) groups is 1. The number of ether oxygens (including phenoxy) is 1. The molecule has 0 spiro atoms. The van der Waals surface area contributed by atoms with Gasteiger partial charge in [-0.3, -0.25) is 4.99 Å². The molecular weight excluding hydrogens is 562 g/mol. The van der Waals surface area contributed by atoms with Gasteiger partial charge in [-0.1, -0.05) is 26.7 Å². The summed E-state index contributed by atoms with van der Waals surface area (Å²) in [4.78, 5) is 25.1. The number of halogens is 6. The number of alkyl halides is 6. The van der Waals surface area contributed by atoms with Crippen LogP contribution in [0.3, 0.4) is 0 Å². The molecule has 0 amide bonds. The second-order valence-electron chi connectivity index (χ2n) is 8.91. The zero-order chi connectivity index (χ0) is 31.5. The van der Waals surface area contributed by atoms with Gasteiger partial charge in [-0.25, -0.2) is 9.59 Å². The molecule has 2 rings (SSSR count). The van der Waals surface area contributed by atoms with E-state index < -0.39 is 24.3 Å². The van der Waals surface area contributed by atoms with Crippen molar-refractivity contribution in [3.05, 3.63) is 24.3 Å². The minimum atomic E-state index is -5.08. The first-order chi connectivity index (χ1) is 19.2. The number of likely N-dealkylation sites (tertiary alicyclic amines) is 1. The van der Waals surface area contributed by atoms with Gasteiger partial charge in [0.05, 0.1) is 6.61 Å². The molecule has 236 valence electrons. The lowest BCUT2D eigenvalue weighted by Gasteiger charge is -2.37. The number of nitrogens with two attached hydrogens (primary N) is 1. The Morgan fingerprint density at radius 3 is 2.02 bits per heavy atom. The van der Waals surface area contributed by atoms with Gasteiger partial charge in [0.2, 0.25) is 0 Å². The topological polar surface area (TPSA) is 137 Å². The third kappa shape index (κ3) is 17.2. The number of nitrogens with zero attached hydrogens (tertiary/aromatic N) is 2. The summed E-state index contributed by atoms with van der Waals surface area (Å²) in [6.45, 7) is 7.79. The van der Waals surface area contributed by atoms with Crippen molar-refractivity contribution in [3.8, 4) is 5.75 Å². The molecule has 15 heteroatoms. The molecule has 1 aromatic rings. The van der Waals surface area contributed by atoms with Crippen molar-refractivity contribution in [1.82, 2.24) is 4.90 Å². The van der Waals surface area contributed by atoms with Crippen LogP contribution in [0.2, 0.25) is 0 Å². The van der Waals surface area contributed by atoms with E-state index in [1.807, 2.05) is 12.1 Å². The van der Waals surface area contributed by atoms with Gasteiger partial charge in [0, 0.05) is 24.8 Å². The van der Waals surface area contributed by atoms with Crippen LogP contribution in [0.15, 0.2) is 29.3 Å². The van der Waals surface area contributed by atoms with Crippen molar-refractivity contribution in [2.45, 2.75) is 83.6 Å². The molecule has 1 heterocycles. The molecule has 1 atom stereocenters. The minimum absolute atomic E-state index is 0.573. The van der Waals surface area contributed by atoms with Crippen LogP contribution in [0, 0.1) is 0 Å². The Balaban J connectivity index is 0.000000941. The van der Waals surface area contributed by atoms with Crippen molar-refractivity contribution < 1.29 is 50.9 Å². The summed E-state index contributed by atoms with van der Waals surface area (Å²) in [6.07, 6.45) is -0.749. The Labute approximate surface area is 235 Å². The van der Waals surface area contributed by atoms with E-state index in [9.17, 15) is 26.3 Å². The van der Waals surface area contributed by atoms with Crippen molar-refractivity contribution in [1.29, 1.82) is 0 Å². The zero-order valence-electron chi connectivity index (χ0n) is 23.2. The van der Waals surface area contributed by atoms with E-state index in [0.717, 1.165) is 56.4 Å². The summed E-state index contributed by atoms with van der Waals surface area (Å²) in [7, 11) is 0. The highest BCUT2D eigenvalue weighted by atomic mass is 19.4. The van der Waals surface area contributed by atoms with Crippen LogP contribution in [-0.4, -0.2) is 77.6 Å². The van der Waals surface area contributed by atoms with Crippen LogP contribution >= 0.6 is 0 Å². The van der Waals surface area contributed by atoms with Crippen molar-refractivity contribution in [2.24, 2.45) is 10.7 Å². The second kappa shape index (κ2) is 19.8. The molecule has 1 aliphatic heterocycles. The Hall–Kier alpha value is -3.23. The van der Waals surface area contributed by atoms with E-state index in [4.69, 9.17) is 35.3 Å². The van der Waals surface area contributed by atoms with Crippen molar-refractivity contribution >= 4 is 23.6 Å². The number of piperidine rings is 1. The molecule has 1 aromatic carbocycles. The fourth-order valence-corrected chi connectivity index (χ4v) is 3.49. The number of aliphatic carboxylic acids is 2. The molecule has 1 unspecified atom stereocenters. The molecule has 0 radical (unpaired) electrons. The zero-order valence-corrected chi connectivity index (χ0v) is 23.2. The lowest BCUT2D eigenvalue weighted by molar-refractivity contribution is -0.193. The second-order valence-corrected chi connectivity index (χ2v) is 8.91. The number of rotatable bonds is 10. The van der Waals surface area contributed by atoms with Gasteiger partial charge < -0.3 is 30.9 Å². The first kappa shape index (κ1) is 37.8. The van der Waals surface area contributed by atoms with Gasteiger partial charge in [0.15, 0.2) is 5.96 Å². The fraction of sp³-hybridized carbons (Fsp3) is 0.654. The molecule has 9 nitrogen and oxygen atoms in total. The van der Waals surface area contributed by atoms with E-state index in [1.54, 1.807) is 0 Å². The maximum Gasteiger partial charge on any atom is 0.490 e. The third-order valence-corrected chi connectivity index (χ3v) is 5.61. The quantitative estimate of drug-likeness (QED) is 0.112. The van der Waals surface area contributed by atoms with E-state index in [1.165, 1.54) is 32.1 Å². The minimum Gasteiger partial charge on any atom is -0.494 e. The van der Waals surface area contributed by atoms with Crippen molar-refractivity contribution in [2.75, 3.05) is 31.6 Å². The molecule has 1 saturated heterocycles. The Bertz CT molecular complexity index is 887. The van der Waals surface area contributed by atoms with Crippen LogP contribution in [-0.2, 0) is 9.59 Å². The molecule has 1 aliphatic rings. The Morgan fingerprint density at radius 1 is 1.00 bits per heavy atom. The number of guanidine groups is 1. The number of carboxylic acids is 2. The van der Waals surface area contributed by atoms with E-state index >= 15 is 0 Å². The van der Waals surface area contributed by atoms with E-state index in [2.05, 4.69) is 36.2 Å². The average molecular weight is 603 g/mol. The van der Waals surface area contributed by atoms with Gasteiger partial charge >= 0.3 is 24.3 Å². The third-order valence-electron chi connectivity index (χ3n) is 5.61. The van der Waals surface area contributed by atoms with Crippen LogP contribution < -0.4 is 15.8 Å². The number of carboxylic acid groups (broad SMARTS) is 2. The first-order valence-electron chi connectivity index (χ1n) is 13.3. The first-order valence-corrected chi connectivity index (χ1v) is 13.3. The Morgan fingerprint density at radius 2 is 1.56 bits per heavy atom. The Kier molecular flexibility index (Phi) is 18.2. The number of carbonyl (C=O) groups is 2. The summed E-state index contributed by atoms with van der Waals surface area (Å²) in [5, 5.41) is 17.8. The number of hydrogen-bond acceptors (Lipinski definition) is 5.